The molecule has 0 aliphatic carbocycles. The number of sulfonamides is 1. The lowest BCUT2D eigenvalue weighted by atomic mass is 9.97. The van der Waals surface area contributed by atoms with Crippen molar-refractivity contribution in [3.05, 3.63) is 12.5 Å². The summed E-state index contributed by atoms with van der Waals surface area (Å²) in [6.07, 6.45) is 6.26. The van der Waals surface area contributed by atoms with Gasteiger partial charge >= 0.3 is 0 Å². The van der Waals surface area contributed by atoms with Crippen molar-refractivity contribution in [3.8, 4) is 0 Å². The number of halogens is 1. The first-order valence-corrected chi connectivity index (χ1v) is 9.22. The van der Waals surface area contributed by atoms with Crippen molar-refractivity contribution in [3.63, 3.8) is 0 Å². The molecule has 1 unspecified atom stereocenters. The third-order valence-corrected chi connectivity index (χ3v) is 5.79. The number of nitrogens with zero attached hydrogens (tertiary/aromatic N) is 3. The van der Waals surface area contributed by atoms with Crippen LogP contribution in [0.4, 0.5) is 0 Å². The number of aryl methyl sites for hydroxylation is 1. The van der Waals surface area contributed by atoms with Crippen LogP contribution >= 0.6 is 15.9 Å². The molecule has 108 valence electrons. The first-order valence-electron chi connectivity index (χ1n) is 6.65. The van der Waals surface area contributed by atoms with Crippen molar-refractivity contribution in [1.82, 2.24) is 13.9 Å². The largest absolute Gasteiger partial charge is 0.336 e. The Morgan fingerprint density at radius 1 is 1.53 bits per heavy atom. The van der Waals surface area contributed by atoms with Crippen LogP contribution in [0.3, 0.4) is 0 Å². The van der Waals surface area contributed by atoms with Crippen LogP contribution < -0.4 is 0 Å². The maximum absolute atomic E-state index is 12.5. The molecule has 1 fully saturated rings. The second-order valence-electron chi connectivity index (χ2n) is 4.89. The highest BCUT2D eigenvalue weighted by atomic mass is 79.9. The summed E-state index contributed by atoms with van der Waals surface area (Å²) < 4.78 is 28.4. The van der Waals surface area contributed by atoms with E-state index in [1.807, 2.05) is 6.92 Å². The van der Waals surface area contributed by atoms with Crippen molar-refractivity contribution < 1.29 is 8.42 Å². The molecule has 7 heteroatoms. The van der Waals surface area contributed by atoms with E-state index >= 15 is 0 Å². The van der Waals surface area contributed by atoms with Crippen LogP contribution in [0.2, 0.25) is 0 Å². The molecule has 1 saturated heterocycles. The minimum Gasteiger partial charge on any atom is -0.336 e. The topological polar surface area (TPSA) is 55.2 Å². The predicted octanol–water partition coefficient (Wildman–Crippen LogP) is 2.09. The summed E-state index contributed by atoms with van der Waals surface area (Å²) >= 11 is 3.43. The van der Waals surface area contributed by atoms with Crippen molar-refractivity contribution in [2.75, 3.05) is 18.4 Å². The van der Waals surface area contributed by atoms with Gasteiger partial charge in [0, 0.05) is 31.2 Å². The van der Waals surface area contributed by atoms with Crippen LogP contribution in [0.5, 0.6) is 0 Å². The summed E-state index contributed by atoms with van der Waals surface area (Å²) in [6, 6.07) is 0. The molecule has 5 nitrogen and oxygen atoms in total. The average Bonchev–Trinajstić information content (AvgIpc) is 2.89. The fraction of sp³-hybridized carbons (Fsp3) is 0.750. The molecule has 0 N–H and O–H groups in total. The highest BCUT2D eigenvalue weighted by Crippen LogP contribution is 2.25. The van der Waals surface area contributed by atoms with Gasteiger partial charge in [0.05, 0.1) is 6.33 Å². The van der Waals surface area contributed by atoms with Gasteiger partial charge in [0.25, 0.3) is 10.0 Å². The smallest absolute Gasteiger partial charge is 0.262 e. The fourth-order valence-electron chi connectivity index (χ4n) is 2.41. The van der Waals surface area contributed by atoms with Gasteiger partial charge in [0.15, 0.2) is 5.03 Å². The number of imidazole rings is 1. The molecular weight excluding hydrogens is 330 g/mol. The van der Waals surface area contributed by atoms with E-state index in [-0.39, 0.29) is 5.03 Å². The Morgan fingerprint density at radius 2 is 2.32 bits per heavy atom. The Morgan fingerprint density at radius 3 is 2.95 bits per heavy atom. The average molecular weight is 350 g/mol. The van der Waals surface area contributed by atoms with Crippen LogP contribution in [0, 0.1) is 5.92 Å². The van der Waals surface area contributed by atoms with Gasteiger partial charge in [-0.15, -0.1) is 0 Å². The first kappa shape index (κ1) is 15.0. The van der Waals surface area contributed by atoms with Crippen molar-refractivity contribution in [2.24, 2.45) is 5.92 Å². The number of hydrogen-bond donors (Lipinski definition) is 0. The number of rotatable bonds is 5. The quantitative estimate of drug-likeness (QED) is 0.764. The second kappa shape index (κ2) is 6.37. The molecule has 1 aromatic rings. The maximum atomic E-state index is 12.5. The lowest BCUT2D eigenvalue weighted by Gasteiger charge is -2.31. The number of piperidine rings is 1. The van der Waals surface area contributed by atoms with Crippen molar-refractivity contribution in [1.29, 1.82) is 0 Å². The third-order valence-electron chi connectivity index (χ3n) is 3.58. The van der Waals surface area contributed by atoms with Gasteiger partial charge in [0.2, 0.25) is 0 Å². The summed E-state index contributed by atoms with van der Waals surface area (Å²) in [5.74, 6) is 0.455. The van der Waals surface area contributed by atoms with Crippen molar-refractivity contribution in [2.45, 2.75) is 37.8 Å². The summed E-state index contributed by atoms with van der Waals surface area (Å²) in [7, 11) is -3.42. The molecule has 2 heterocycles. The summed E-state index contributed by atoms with van der Waals surface area (Å²) in [4.78, 5) is 4.03. The first-order chi connectivity index (χ1) is 9.07. The number of hydrogen-bond acceptors (Lipinski definition) is 3. The Bertz CT molecular complexity index is 513. The van der Waals surface area contributed by atoms with Gasteiger partial charge in [0.1, 0.15) is 0 Å². The zero-order valence-electron chi connectivity index (χ0n) is 11.1. The molecule has 19 heavy (non-hydrogen) atoms. The molecule has 0 amide bonds. The van der Waals surface area contributed by atoms with Crippen LogP contribution in [0.15, 0.2) is 17.6 Å². The van der Waals surface area contributed by atoms with Gasteiger partial charge in [-0.25, -0.2) is 13.4 Å². The Hall–Kier alpha value is -0.400. The molecule has 0 radical (unpaired) electrons. The van der Waals surface area contributed by atoms with Gasteiger partial charge in [-0.05, 0) is 32.1 Å². The SMILES string of the molecule is CCn1cnc(S(=O)(=O)N2CCCC(CCBr)C2)c1. The number of aromatic nitrogens is 2. The number of alkyl halides is 1. The van der Waals surface area contributed by atoms with Crippen LogP contribution in [0.1, 0.15) is 26.2 Å². The van der Waals surface area contributed by atoms with Gasteiger partial charge < -0.3 is 4.57 Å². The molecule has 0 saturated carbocycles. The molecule has 2 rings (SSSR count). The lowest BCUT2D eigenvalue weighted by molar-refractivity contribution is 0.262. The fourth-order valence-corrected chi connectivity index (χ4v) is 4.55. The summed E-state index contributed by atoms with van der Waals surface area (Å²) in [5.41, 5.74) is 0. The maximum Gasteiger partial charge on any atom is 0.262 e. The molecule has 0 bridgehead atoms. The van der Waals surface area contributed by atoms with E-state index in [1.165, 1.54) is 0 Å². The molecule has 1 aliphatic rings. The molecule has 1 aliphatic heterocycles. The zero-order valence-corrected chi connectivity index (χ0v) is 13.5. The Balaban J connectivity index is 2.14. The highest BCUT2D eigenvalue weighted by molar-refractivity contribution is 9.09. The lowest BCUT2D eigenvalue weighted by Crippen LogP contribution is -2.40. The van der Waals surface area contributed by atoms with Crippen LogP contribution in [-0.2, 0) is 16.6 Å². The van der Waals surface area contributed by atoms with Gasteiger partial charge in [-0.2, -0.15) is 4.31 Å². The van der Waals surface area contributed by atoms with Crippen LogP contribution in [-0.4, -0.2) is 40.7 Å². The highest BCUT2D eigenvalue weighted by Gasteiger charge is 2.31. The van der Waals surface area contributed by atoms with Gasteiger partial charge in [-0.3, -0.25) is 0 Å². The third kappa shape index (κ3) is 3.38. The molecular formula is C12H20BrN3O2S. The molecule has 0 aromatic carbocycles. The standard InChI is InChI=1S/C12H20BrN3O2S/c1-2-15-9-12(14-10-15)19(17,18)16-7-3-4-11(8-16)5-6-13/h9-11H,2-8H2,1H3. The Kier molecular flexibility index (Phi) is 5.03. The molecule has 0 spiro atoms. The Labute approximate surface area is 123 Å². The second-order valence-corrected chi connectivity index (χ2v) is 7.57. The molecule has 1 atom stereocenters. The van der Waals surface area contributed by atoms with Crippen LogP contribution in [0.25, 0.3) is 0 Å². The van der Waals surface area contributed by atoms with E-state index in [0.717, 1.165) is 31.1 Å². The normalized spacial score (nSPS) is 21.7. The minimum atomic E-state index is -3.42. The summed E-state index contributed by atoms with van der Waals surface area (Å²) in [6.45, 7) is 3.92. The van der Waals surface area contributed by atoms with E-state index in [1.54, 1.807) is 21.4 Å². The van der Waals surface area contributed by atoms with E-state index in [9.17, 15) is 8.42 Å². The van der Waals surface area contributed by atoms with E-state index in [0.29, 0.717) is 19.0 Å². The minimum absolute atomic E-state index is 0.175. The molecule has 1 aromatic heterocycles. The van der Waals surface area contributed by atoms with Gasteiger partial charge in [-0.1, -0.05) is 15.9 Å². The van der Waals surface area contributed by atoms with E-state index < -0.39 is 10.0 Å². The van der Waals surface area contributed by atoms with E-state index in [2.05, 4.69) is 20.9 Å². The van der Waals surface area contributed by atoms with Crippen molar-refractivity contribution >= 4 is 26.0 Å². The zero-order chi connectivity index (χ0) is 13.9. The monoisotopic (exact) mass is 349 g/mol. The van der Waals surface area contributed by atoms with E-state index in [4.69, 9.17) is 0 Å². The predicted molar refractivity (Wildman–Crippen MR) is 77.8 cm³/mol. The summed E-state index contributed by atoms with van der Waals surface area (Å²) in [5, 5.41) is 1.10.